The first-order chi connectivity index (χ1) is 13.5. The lowest BCUT2D eigenvalue weighted by atomic mass is 10.1. The highest BCUT2D eigenvalue weighted by molar-refractivity contribution is 5.94. The number of hydrogen-bond acceptors (Lipinski definition) is 7. The zero-order valence-corrected chi connectivity index (χ0v) is 15.0. The van der Waals surface area contributed by atoms with E-state index in [-0.39, 0.29) is 35.6 Å². The Balaban J connectivity index is 1.69. The van der Waals surface area contributed by atoms with Crippen molar-refractivity contribution in [3.05, 3.63) is 53.9 Å². The van der Waals surface area contributed by atoms with Gasteiger partial charge in [0.25, 0.3) is 5.89 Å². The number of nitrogens with zero attached hydrogens (tertiary/aromatic N) is 2. The van der Waals surface area contributed by atoms with Gasteiger partial charge in [-0.2, -0.15) is 13.8 Å². The number of ether oxygens (including phenoxy) is 3. The van der Waals surface area contributed by atoms with E-state index in [2.05, 4.69) is 14.9 Å². The van der Waals surface area contributed by atoms with Gasteiger partial charge in [-0.25, -0.2) is 0 Å². The fraction of sp³-hybridized carbons (Fsp3) is 0.211. The van der Waals surface area contributed by atoms with Crippen molar-refractivity contribution in [1.82, 2.24) is 10.1 Å². The third-order valence-corrected chi connectivity index (χ3v) is 3.73. The van der Waals surface area contributed by atoms with Gasteiger partial charge < -0.3 is 18.7 Å². The topological polar surface area (TPSA) is 83.7 Å². The second kappa shape index (κ2) is 8.47. The van der Waals surface area contributed by atoms with E-state index in [1.54, 1.807) is 24.3 Å². The molecule has 3 rings (SSSR count). The normalized spacial score (nSPS) is 10.8. The molecule has 0 bridgehead atoms. The van der Waals surface area contributed by atoms with Gasteiger partial charge in [0.2, 0.25) is 5.82 Å². The summed E-state index contributed by atoms with van der Waals surface area (Å²) < 4.78 is 44.9. The molecule has 3 aromatic rings. The van der Waals surface area contributed by atoms with Crippen LogP contribution in [0.4, 0.5) is 8.78 Å². The van der Waals surface area contributed by atoms with E-state index in [1.165, 1.54) is 32.2 Å². The number of benzene rings is 2. The van der Waals surface area contributed by atoms with E-state index < -0.39 is 6.61 Å². The van der Waals surface area contributed by atoms with Crippen LogP contribution >= 0.6 is 0 Å². The fourth-order valence-electron chi connectivity index (χ4n) is 2.36. The zero-order valence-electron chi connectivity index (χ0n) is 15.0. The Morgan fingerprint density at radius 2 is 1.89 bits per heavy atom. The third kappa shape index (κ3) is 4.61. The summed E-state index contributed by atoms with van der Waals surface area (Å²) in [6, 6.07) is 11.0. The molecule has 1 heterocycles. The fourth-order valence-corrected chi connectivity index (χ4v) is 2.36. The van der Waals surface area contributed by atoms with Crippen molar-refractivity contribution >= 4 is 5.78 Å². The maximum Gasteiger partial charge on any atom is 0.387 e. The van der Waals surface area contributed by atoms with Crippen molar-refractivity contribution in [3.8, 4) is 28.6 Å². The molecule has 0 spiro atoms. The standard InChI is InChI=1S/C19H16F2N2O5/c1-11(24)12-3-6-14(7-4-12)26-10-17-22-18(23-28-17)13-5-8-15(27-19(20)21)16(9-13)25-2/h3-9,19H,10H2,1-2H3. The Morgan fingerprint density at radius 1 is 1.14 bits per heavy atom. The minimum atomic E-state index is -2.96. The Labute approximate surface area is 158 Å². The van der Waals surface area contributed by atoms with Crippen LogP contribution in [0.5, 0.6) is 17.2 Å². The first kappa shape index (κ1) is 19.3. The maximum atomic E-state index is 12.4. The van der Waals surface area contributed by atoms with E-state index in [9.17, 15) is 13.6 Å². The summed E-state index contributed by atoms with van der Waals surface area (Å²) in [5, 5.41) is 3.85. The summed E-state index contributed by atoms with van der Waals surface area (Å²) in [7, 11) is 1.34. The Kier molecular flexibility index (Phi) is 5.83. The average Bonchev–Trinajstić information content (AvgIpc) is 3.15. The molecule has 0 aliphatic rings. The summed E-state index contributed by atoms with van der Waals surface area (Å²) >= 11 is 0. The molecule has 0 unspecified atom stereocenters. The third-order valence-electron chi connectivity index (χ3n) is 3.73. The molecular formula is C19H16F2N2O5. The highest BCUT2D eigenvalue weighted by atomic mass is 19.3. The minimum Gasteiger partial charge on any atom is -0.493 e. The highest BCUT2D eigenvalue weighted by Crippen LogP contribution is 2.32. The second-order valence-electron chi connectivity index (χ2n) is 5.63. The molecule has 28 heavy (non-hydrogen) atoms. The highest BCUT2D eigenvalue weighted by Gasteiger charge is 2.15. The van der Waals surface area contributed by atoms with E-state index in [1.807, 2.05) is 0 Å². The van der Waals surface area contributed by atoms with Crippen LogP contribution in [0.25, 0.3) is 11.4 Å². The van der Waals surface area contributed by atoms with Gasteiger partial charge in [-0.1, -0.05) is 5.16 Å². The summed E-state index contributed by atoms with van der Waals surface area (Å²) in [6.45, 7) is -1.45. The second-order valence-corrected chi connectivity index (χ2v) is 5.63. The van der Waals surface area contributed by atoms with Crippen LogP contribution in [0.3, 0.4) is 0 Å². The summed E-state index contributed by atoms with van der Waals surface area (Å²) in [6.07, 6.45) is 0. The first-order valence-corrected chi connectivity index (χ1v) is 8.16. The van der Waals surface area contributed by atoms with Crippen molar-refractivity contribution < 1.29 is 32.3 Å². The number of rotatable bonds is 8. The minimum absolute atomic E-state index is 0.0239. The van der Waals surface area contributed by atoms with Gasteiger partial charge in [0.15, 0.2) is 23.9 Å². The van der Waals surface area contributed by atoms with Gasteiger partial charge in [-0.05, 0) is 49.4 Å². The molecule has 7 nitrogen and oxygen atoms in total. The molecular weight excluding hydrogens is 374 g/mol. The van der Waals surface area contributed by atoms with Crippen LogP contribution in [-0.4, -0.2) is 29.6 Å². The van der Waals surface area contributed by atoms with Crippen molar-refractivity contribution in [2.75, 3.05) is 7.11 Å². The van der Waals surface area contributed by atoms with E-state index in [0.717, 1.165) is 0 Å². The van der Waals surface area contributed by atoms with Crippen molar-refractivity contribution in [2.45, 2.75) is 20.1 Å². The predicted octanol–water partition coefficient (Wildman–Crippen LogP) is 4.13. The smallest absolute Gasteiger partial charge is 0.387 e. The number of halogens is 2. The number of methoxy groups -OCH3 is 1. The molecule has 2 aromatic carbocycles. The molecule has 9 heteroatoms. The molecule has 0 saturated carbocycles. The zero-order chi connectivity index (χ0) is 20.1. The number of ketones is 1. The number of carbonyl (C=O) groups excluding carboxylic acids is 1. The molecule has 0 N–H and O–H groups in total. The monoisotopic (exact) mass is 390 g/mol. The van der Waals surface area contributed by atoms with Crippen LogP contribution in [0, 0.1) is 0 Å². The molecule has 0 saturated heterocycles. The number of hydrogen-bond donors (Lipinski definition) is 0. The van der Waals surface area contributed by atoms with Crippen molar-refractivity contribution in [1.29, 1.82) is 0 Å². The van der Waals surface area contributed by atoms with Gasteiger partial charge >= 0.3 is 6.61 Å². The summed E-state index contributed by atoms with van der Waals surface area (Å²) in [5.41, 5.74) is 1.08. The van der Waals surface area contributed by atoms with E-state index in [4.69, 9.17) is 14.0 Å². The Hall–Kier alpha value is -3.49. The number of Topliss-reactive ketones (excluding diaryl/α,β-unsaturated/α-hetero) is 1. The van der Waals surface area contributed by atoms with E-state index >= 15 is 0 Å². The summed E-state index contributed by atoms with van der Waals surface area (Å²) in [5.74, 6) is 0.992. The number of aromatic nitrogens is 2. The van der Waals surface area contributed by atoms with Crippen LogP contribution in [0.2, 0.25) is 0 Å². The van der Waals surface area contributed by atoms with Crippen LogP contribution in [-0.2, 0) is 6.61 Å². The predicted molar refractivity (Wildman–Crippen MR) is 93.7 cm³/mol. The molecule has 0 fully saturated rings. The van der Waals surface area contributed by atoms with E-state index in [0.29, 0.717) is 16.9 Å². The van der Waals surface area contributed by atoms with Crippen LogP contribution < -0.4 is 14.2 Å². The number of alkyl halides is 2. The van der Waals surface area contributed by atoms with Crippen LogP contribution in [0.15, 0.2) is 47.0 Å². The van der Waals surface area contributed by atoms with Gasteiger partial charge in [0.05, 0.1) is 7.11 Å². The van der Waals surface area contributed by atoms with Crippen molar-refractivity contribution in [3.63, 3.8) is 0 Å². The molecule has 146 valence electrons. The molecule has 0 aliphatic carbocycles. The average molecular weight is 390 g/mol. The first-order valence-electron chi connectivity index (χ1n) is 8.16. The molecule has 0 radical (unpaired) electrons. The molecule has 0 amide bonds. The van der Waals surface area contributed by atoms with Crippen LogP contribution in [0.1, 0.15) is 23.2 Å². The maximum absolute atomic E-state index is 12.4. The van der Waals surface area contributed by atoms with Gasteiger partial charge in [0.1, 0.15) is 5.75 Å². The SMILES string of the molecule is COc1cc(-c2noc(COc3ccc(C(C)=O)cc3)n2)ccc1OC(F)F. The summed E-state index contributed by atoms with van der Waals surface area (Å²) in [4.78, 5) is 15.5. The molecule has 0 aliphatic heterocycles. The lowest BCUT2D eigenvalue weighted by Crippen LogP contribution is -2.03. The van der Waals surface area contributed by atoms with Gasteiger partial charge in [-0.3, -0.25) is 4.79 Å². The van der Waals surface area contributed by atoms with Crippen molar-refractivity contribution in [2.24, 2.45) is 0 Å². The largest absolute Gasteiger partial charge is 0.493 e. The molecule has 0 atom stereocenters. The van der Waals surface area contributed by atoms with Gasteiger partial charge in [0, 0.05) is 11.1 Å². The lowest BCUT2D eigenvalue weighted by molar-refractivity contribution is -0.0512. The Morgan fingerprint density at radius 3 is 2.54 bits per heavy atom. The molecule has 1 aromatic heterocycles. The lowest BCUT2D eigenvalue weighted by Gasteiger charge is -2.10. The van der Waals surface area contributed by atoms with Gasteiger partial charge in [-0.15, -0.1) is 0 Å². The Bertz CT molecular complexity index is 957. The quantitative estimate of drug-likeness (QED) is 0.535. The number of carbonyl (C=O) groups is 1.